The summed E-state index contributed by atoms with van der Waals surface area (Å²) >= 11 is 21.0. The van der Waals surface area contributed by atoms with E-state index in [4.69, 9.17) is 49.7 Å². The molecule has 6 aromatic heterocycles. The van der Waals surface area contributed by atoms with Crippen molar-refractivity contribution in [2.45, 2.75) is 13.8 Å². The highest BCUT2D eigenvalue weighted by atomic mass is 79.9. The number of hydrogen-bond donors (Lipinski definition) is 0. The normalized spacial score (nSPS) is 12.3. The first kappa shape index (κ1) is 79.4. The Bertz CT molecular complexity index is 9770. The van der Waals surface area contributed by atoms with E-state index < -0.39 is 0 Å². The Morgan fingerprint density at radius 3 is 0.551 bits per heavy atom. The van der Waals surface area contributed by atoms with E-state index in [-0.39, 0.29) is 0 Å². The first-order valence-corrected chi connectivity index (χ1v) is 48.7. The second kappa shape index (κ2) is 30.2. The van der Waals surface area contributed by atoms with Crippen LogP contribution in [0.2, 0.25) is 10.0 Å². The summed E-state index contributed by atoms with van der Waals surface area (Å²) < 4.78 is 43.5. The van der Waals surface area contributed by atoms with Gasteiger partial charge in [0.1, 0.15) is 67.0 Å². The van der Waals surface area contributed by atoms with Crippen molar-refractivity contribution in [1.82, 2.24) is 0 Å². The van der Waals surface area contributed by atoms with Gasteiger partial charge in [0.05, 0.1) is 0 Å². The summed E-state index contributed by atoms with van der Waals surface area (Å²) in [4.78, 5) is 0. The lowest BCUT2D eigenvalue weighted by Crippen LogP contribution is -1.93. The number of aryl methyl sites for hydroxylation is 2. The van der Waals surface area contributed by atoms with Gasteiger partial charge < -0.3 is 26.5 Å². The lowest BCUT2D eigenvalue weighted by atomic mass is 9.87. The fourth-order valence-electron chi connectivity index (χ4n) is 23.1. The molecule has 0 fully saturated rings. The van der Waals surface area contributed by atoms with Gasteiger partial charge in [0.25, 0.3) is 0 Å². The Morgan fingerprint density at radius 1 is 0.159 bits per heavy atom. The lowest BCUT2D eigenvalue weighted by Gasteiger charge is -2.19. The van der Waals surface area contributed by atoms with E-state index >= 15 is 0 Å². The molecule has 31 rings (SSSR count). The van der Waals surface area contributed by atoms with E-state index in [0.717, 1.165) is 238 Å². The summed E-state index contributed by atoms with van der Waals surface area (Å²) in [7, 11) is 0. The summed E-state index contributed by atoms with van der Waals surface area (Å²) in [5, 5.41) is 41.4. The van der Waals surface area contributed by atoms with Crippen LogP contribution in [0.1, 0.15) is 11.1 Å². The van der Waals surface area contributed by atoms with E-state index in [2.05, 4.69) is 373 Å². The van der Waals surface area contributed by atoms with Gasteiger partial charge in [0.2, 0.25) is 0 Å². The molecule has 6 heterocycles. The van der Waals surface area contributed by atoms with Crippen molar-refractivity contribution >= 4 is 316 Å². The van der Waals surface area contributed by atoms with Crippen molar-refractivity contribution < 1.29 is 26.5 Å². The molecule has 0 unspecified atom stereocenters. The molecule has 31 aromatic rings. The van der Waals surface area contributed by atoms with Gasteiger partial charge in [-0.25, -0.2) is 0 Å². The molecule has 0 aliphatic carbocycles. The van der Waals surface area contributed by atoms with Crippen LogP contribution in [0.4, 0.5) is 0 Å². The monoisotopic (exact) mass is 1930 g/mol. The topological polar surface area (TPSA) is 78.8 Å². The molecule has 0 atom stereocenters. The van der Waals surface area contributed by atoms with Gasteiger partial charge in [-0.1, -0.05) is 357 Å². The molecule has 0 bridgehead atoms. The minimum absolute atomic E-state index is 0.704. The molecule has 0 saturated carbocycles. The highest BCUT2D eigenvalue weighted by Crippen LogP contribution is 2.56. The van der Waals surface area contributed by atoms with E-state index in [1.54, 1.807) is 0 Å². The zero-order valence-electron chi connectivity index (χ0n) is 73.9. The predicted molar refractivity (Wildman–Crippen MR) is 590 cm³/mol. The average molecular weight is 1930 g/mol. The lowest BCUT2D eigenvalue weighted by molar-refractivity contribution is 0.665. The predicted octanol–water partition coefficient (Wildman–Crippen LogP) is 40.4. The molecule has 6 nitrogen and oxygen atoms in total. The minimum atomic E-state index is 0.704. The Kier molecular flexibility index (Phi) is 17.4. The van der Waals surface area contributed by atoms with Gasteiger partial charge in [-0.3, -0.25) is 0 Å². The van der Waals surface area contributed by atoms with Crippen molar-refractivity contribution in [3.8, 4) is 44.5 Å². The number of fused-ring (bicyclic) bond motifs is 30. The third-order valence-electron chi connectivity index (χ3n) is 29.1. The van der Waals surface area contributed by atoms with Crippen molar-refractivity contribution in [3.05, 3.63) is 418 Å². The number of rotatable bonds is 4. The van der Waals surface area contributed by atoms with E-state index in [1.807, 2.05) is 60.7 Å². The molecule has 0 radical (unpaired) electrons. The van der Waals surface area contributed by atoms with Crippen LogP contribution in [-0.2, 0) is 0 Å². The zero-order chi connectivity index (χ0) is 91.3. The molecule has 0 aliphatic heterocycles. The van der Waals surface area contributed by atoms with Gasteiger partial charge in [-0.15, -0.1) is 0 Å². The fraction of sp³-hybridized carbons (Fsp3) is 0.0156. The first-order valence-electron chi connectivity index (χ1n) is 46.4. The largest absolute Gasteiger partial charge is 0.455 e. The number of hydrogen-bond acceptors (Lipinski definition) is 6. The molecule has 0 spiro atoms. The number of halogens is 4. The molecule has 0 amide bonds. The van der Waals surface area contributed by atoms with Gasteiger partial charge in [-0.05, 0) is 209 Å². The SMILES string of the molecule is Brc1ccc(-c2cc3c(oc4cccc5c4c3c3cccc4oc6c7ccccc7c(-c7ccc(Br)cc7)cc6c5c43)c3ccccc23)cc1.Cc1ccc(-c2cc3c(oc4cccc5c4c3c3cccc4oc6c7ccccc7c(-c7ccc(C)cc7)cc6c5c43)c3ccccc23)cc1.Clc1cc2c(oc3cccc4c3c2c2cccc3oc5c6ccccc6c(Cl)cc5c4c32)c2ccccc12. The number of benzene rings is 25. The van der Waals surface area contributed by atoms with Crippen LogP contribution in [0, 0.1) is 13.8 Å². The Balaban J connectivity index is 0.000000101. The zero-order valence-corrected chi connectivity index (χ0v) is 78.6. The average Bonchev–Trinajstić information content (AvgIpc) is 0.692. The molecule has 0 N–H and O–H groups in total. The molecular formula is C128H70Br2Cl2O6. The Labute approximate surface area is 812 Å². The highest BCUT2D eigenvalue weighted by Gasteiger charge is 2.30. The van der Waals surface area contributed by atoms with Crippen LogP contribution in [0.15, 0.2) is 424 Å². The van der Waals surface area contributed by atoms with Crippen LogP contribution < -0.4 is 0 Å². The smallest absolute Gasteiger partial charge is 0.143 e. The van der Waals surface area contributed by atoms with Crippen molar-refractivity contribution in [1.29, 1.82) is 0 Å². The molecule has 0 saturated heterocycles. The maximum absolute atomic E-state index is 7.00. The third kappa shape index (κ3) is 11.6. The molecular weight excluding hydrogens is 1860 g/mol. The quantitative estimate of drug-likeness (QED) is 0.129. The van der Waals surface area contributed by atoms with Crippen LogP contribution in [0.3, 0.4) is 0 Å². The molecule has 0 aliphatic rings. The maximum atomic E-state index is 7.00. The molecule has 25 aromatic carbocycles. The van der Waals surface area contributed by atoms with E-state index in [9.17, 15) is 0 Å². The van der Waals surface area contributed by atoms with E-state index in [1.165, 1.54) is 87.6 Å². The van der Waals surface area contributed by atoms with Crippen LogP contribution >= 0.6 is 55.1 Å². The molecule has 10 heteroatoms. The summed E-state index contributed by atoms with van der Waals surface area (Å²) in [6, 6.07) is 138. The summed E-state index contributed by atoms with van der Waals surface area (Å²) in [5.74, 6) is 0. The maximum Gasteiger partial charge on any atom is 0.143 e. The van der Waals surface area contributed by atoms with Gasteiger partial charge >= 0.3 is 0 Å². The summed E-state index contributed by atoms with van der Waals surface area (Å²) in [5.41, 5.74) is 22.4. The van der Waals surface area contributed by atoms with Crippen molar-refractivity contribution in [2.24, 2.45) is 0 Å². The summed E-state index contributed by atoms with van der Waals surface area (Å²) in [6.07, 6.45) is 0. The first-order chi connectivity index (χ1) is 67.9. The molecule has 646 valence electrons. The standard InChI is InChI=1S/C48H30O2.C46H24Br2O2.C34H16Cl2O2/c1-27-17-21-29(22-18-27)37-25-39-43-35-13-7-16-42-46(35)44(36-14-8-15-41(45(36)43)49-47(39)33-11-5-3-9-31(33)37)40-26-38(30-23-19-28(2)20-24-30)32-10-4-6-12-34(32)48(40)50-42;47-27-19-15-25(16-20-27)35-23-37-41-33-11-6-14-40-44(33)42(34-12-5-13-39(43(34)41)49-45(37)31-9-3-1-7-29(31)35)38-24-36(26-17-21-28(48)22-18-26)30-8-2-4-10-32(30)46(38)50-40;35-25-15-23-29-21-11-6-14-28-32(21)30(24-16-26(36)18-8-2-4-10-20(18)34(24)38-28)22-12-5-13-27(31(22)29)37-33(23)19-9-3-1-7-17(19)25/h3-26H,1-2H3;1-24H;1-16H. The Morgan fingerprint density at radius 2 is 0.333 bits per heavy atom. The van der Waals surface area contributed by atoms with Crippen LogP contribution in [0.25, 0.3) is 305 Å². The van der Waals surface area contributed by atoms with Crippen molar-refractivity contribution in [3.63, 3.8) is 0 Å². The van der Waals surface area contributed by atoms with Crippen molar-refractivity contribution in [2.75, 3.05) is 0 Å². The van der Waals surface area contributed by atoms with Gasteiger partial charge in [0.15, 0.2) is 0 Å². The summed E-state index contributed by atoms with van der Waals surface area (Å²) in [6.45, 7) is 4.27. The second-order valence-corrected chi connectivity index (χ2v) is 39.3. The second-order valence-electron chi connectivity index (χ2n) is 36.6. The highest BCUT2D eigenvalue weighted by molar-refractivity contribution is 9.10. The fourth-order valence-corrected chi connectivity index (χ4v) is 24.2. The van der Waals surface area contributed by atoms with Crippen LogP contribution in [0.5, 0.6) is 0 Å². The van der Waals surface area contributed by atoms with E-state index in [0.29, 0.717) is 10.0 Å². The molecule has 138 heavy (non-hydrogen) atoms. The van der Waals surface area contributed by atoms with Gasteiger partial charge in [0, 0.05) is 159 Å². The van der Waals surface area contributed by atoms with Gasteiger partial charge in [-0.2, -0.15) is 0 Å². The minimum Gasteiger partial charge on any atom is -0.455 e. The van der Waals surface area contributed by atoms with Crippen LogP contribution in [-0.4, -0.2) is 0 Å². The third-order valence-corrected chi connectivity index (χ3v) is 30.7. The Hall–Kier alpha value is -16.0.